The summed E-state index contributed by atoms with van der Waals surface area (Å²) >= 11 is 0. The van der Waals surface area contributed by atoms with Gasteiger partial charge < -0.3 is 10.2 Å². The van der Waals surface area contributed by atoms with Crippen molar-refractivity contribution >= 4 is 28.7 Å². The van der Waals surface area contributed by atoms with Crippen molar-refractivity contribution in [3.63, 3.8) is 0 Å². The molecule has 2 aromatic carbocycles. The molecule has 1 saturated heterocycles. The van der Waals surface area contributed by atoms with E-state index in [2.05, 4.69) is 23.3 Å². The van der Waals surface area contributed by atoms with Gasteiger partial charge in [-0.3, -0.25) is 4.79 Å². The van der Waals surface area contributed by atoms with Crippen LogP contribution in [-0.2, 0) is 4.79 Å². The molecule has 144 valence electrons. The molecule has 4 rings (SSSR count). The fraction of sp³-hybridized carbons (Fsp3) is 0.304. The first-order chi connectivity index (χ1) is 13.6. The van der Waals surface area contributed by atoms with Crippen LogP contribution in [0.1, 0.15) is 42.0 Å². The SMILES string of the molecule is Cc1ccc(Nc2ncc(C3CCCCN3C=O)c3c(C)cccc23)cc1F. The zero-order valence-electron chi connectivity index (χ0n) is 16.2. The number of pyridine rings is 1. The number of nitrogens with one attached hydrogen (secondary N) is 1. The minimum Gasteiger partial charge on any atom is -0.340 e. The summed E-state index contributed by atoms with van der Waals surface area (Å²) in [4.78, 5) is 18.1. The van der Waals surface area contributed by atoms with Crippen LogP contribution >= 0.6 is 0 Å². The van der Waals surface area contributed by atoms with Crippen LogP contribution in [0, 0.1) is 19.7 Å². The first-order valence-corrected chi connectivity index (χ1v) is 9.71. The number of hydrogen-bond acceptors (Lipinski definition) is 3. The second-order valence-corrected chi connectivity index (χ2v) is 7.50. The van der Waals surface area contributed by atoms with Gasteiger partial charge in [0, 0.05) is 29.4 Å². The molecule has 5 heteroatoms. The Labute approximate surface area is 164 Å². The molecule has 1 aliphatic rings. The summed E-state index contributed by atoms with van der Waals surface area (Å²) in [5.74, 6) is 0.449. The summed E-state index contributed by atoms with van der Waals surface area (Å²) in [6, 6.07) is 11.3. The summed E-state index contributed by atoms with van der Waals surface area (Å²) in [5, 5.41) is 5.36. The molecule has 1 atom stereocenters. The summed E-state index contributed by atoms with van der Waals surface area (Å²) in [7, 11) is 0. The molecule has 0 saturated carbocycles. The number of anilines is 2. The van der Waals surface area contributed by atoms with E-state index in [0.29, 0.717) is 17.1 Å². The van der Waals surface area contributed by atoms with Gasteiger partial charge in [-0.15, -0.1) is 0 Å². The number of rotatable bonds is 4. The van der Waals surface area contributed by atoms with E-state index in [4.69, 9.17) is 0 Å². The van der Waals surface area contributed by atoms with E-state index in [9.17, 15) is 9.18 Å². The van der Waals surface area contributed by atoms with E-state index in [1.807, 2.05) is 29.3 Å². The standard InChI is InChI=1S/C23H24FN3O/c1-15-9-10-17(12-20(15)24)26-23-18-7-5-6-16(2)22(18)19(13-25-23)21-8-3-4-11-27(21)14-28/h5-7,9-10,12-14,21H,3-4,8,11H2,1-2H3,(H,25,26). The normalized spacial score (nSPS) is 17.0. The highest BCUT2D eigenvalue weighted by atomic mass is 19.1. The molecule has 1 aromatic heterocycles. The third-order valence-corrected chi connectivity index (χ3v) is 5.62. The summed E-state index contributed by atoms with van der Waals surface area (Å²) in [6.07, 6.45) is 5.91. The third kappa shape index (κ3) is 3.33. The molecule has 1 fully saturated rings. The second kappa shape index (κ2) is 7.58. The predicted octanol–water partition coefficient (Wildman–Crippen LogP) is 5.42. The van der Waals surface area contributed by atoms with E-state index < -0.39 is 0 Å². The predicted molar refractivity (Wildman–Crippen MR) is 110 cm³/mol. The maximum atomic E-state index is 13.9. The maximum Gasteiger partial charge on any atom is 0.210 e. The lowest BCUT2D eigenvalue weighted by molar-refractivity contribution is -0.121. The van der Waals surface area contributed by atoms with Gasteiger partial charge in [-0.2, -0.15) is 0 Å². The van der Waals surface area contributed by atoms with Gasteiger partial charge in [0.1, 0.15) is 11.6 Å². The number of amides is 1. The Morgan fingerprint density at radius 1 is 1.18 bits per heavy atom. The van der Waals surface area contributed by atoms with Crippen molar-refractivity contribution in [2.75, 3.05) is 11.9 Å². The van der Waals surface area contributed by atoms with E-state index in [1.165, 1.54) is 6.07 Å². The van der Waals surface area contributed by atoms with E-state index >= 15 is 0 Å². The fourth-order valence-corrected chi connectivity index (χ4v) is 4.09. The van der Waals surface area contributed by atoms with Crippen LogP contribution in [0.5, 0.6) is 0 Å². The largest absolute Gasteiger partial charge is 0.340 e. The lowest BCUT2D eigenvalue weighted by Crippen LogP contribution is -2.32. The van der Waals surface area contributed by atoms with E-state index in [0.717, 1.165) is 54.1 Å². The zero-order chi connectivity index (χ0) is 19.7. The lowest BCUT2D eigenvalue weighted by atomic mass is 9.91. The molecule has 0 radical (unpaired) electrons. The number of aromatic nitrogens is 1. The quantitative estimate of drug-likeness (QED) is 0.618. The summed E-state index contributed by atoms with van der Waals surface area (Å²) in [6.45, 7) is 4.60. The van der Waals surface area contributed by atoms with Crippen LogP contribution in [0.4, 0.5) is 15.9 Å². The Bertz CT molecular complexity index is 1030. The Kier molecular flexibility index (Phi) is 4.99. The van der Waals surface area contributed by atoms with Crippen LogP contribution in [-0.4, -0.2) is 22.8 Å². The Morgan fingerprint density at radius 2 is 2.04 bits per heavy atom. The Morgan fingerprint density at radius 3 is 2.82 bits per heavy atom. The topological polar surface area (TPSA) is 45.2 Å². The summed E-state index contributed by atoms with van der Waals surface area (Å²) in [5.41, 5.74) is 3.50. The number of hydrogen-bond donors (Lipinski definition) is 1. The number of nitrogens with zero attached hydrogens (tertiary/aromatic N) is 2. The maximum absolute atomic E-state index is 13.9. The van der Waals surface area contributed by atoms with Crippen LogP contribution in [0.2, 0.25) is 0 Å². The Balaban J connectivity index is 1.81. The molecular weight excluding hydrogens is 353 g/mol. The van der Waals surface area contributed by atoms with Gasteiger partial charge in [0.25, 0.3) is 0 Å². The third-order valence-electron chi connectivity index (χ3n) is 5.62. The number of likely N-dealkylation sites (tertiary alicyclic amines) is 1. The molecule has 2 heterocycles. The average molecular weight is 377 g/mol. The van der Waals surface area contributed by atoms with Crippen molar-refractivity contribution in [2.45, 2.75) is 39.2 Å². The minimum absolute atomic E-state index is 0.0493. The fourth-order valence-electron chi connectivity index (χ4n) is 4.09. The molecule has 1 N–H and O–H groups in total. The number of benzene rings is 2. The monoisotopic (exact) mass is 377 g/mol. The molecule has 1 aliphatic heterocycles. The van der Waals surface area contributed by atoms with Crippen LogP contribution < -0.4 is 5.32 Å². The molecule has 1 amide bonds. The van der Waals surface area contributed by atoms with Gasteiger partial charge in [0.2, 0.25) is 6.41 Å². The van der Waals surface area contributed by atoms with Gasteiger partial charge in [0.05, 0.1) is 6.04 Å². The van der Waals surface area contributed by atoms with Crippen molar-refractivity contribution in [1.29, 1.82) is 0 Å². The van der Waals surface area contributed by atoms with E-state index in [-0.39, 0.29) is 11.9 Å². The first-order valence-electron chi connectivity index (χ1n) is 9.71. The molecule has 4 nitrogen and oxygen atoms in total. The summed E-state index contributed by atoms with van der Waals surface area (Å²) < 4.78 is 13.9. The zero-order valence-corrected chi connectivity index (χ0v) is 16.2. The molecule has 0 aliphatic carbocycles. The first kappa shape index (κ1) is 18.4. The number of carbonyl (C=O) groups is 1. The van der Waals surface area contributed by atoms with Crippen molar-refractivity contribution in [3.8, 4) is 0 Å². The van der Waals surface area contributed by atoms with Crippen molar-refractivity contribution in [3.05, 3.63) is 65.1 Å². The molecular formula is C23H24FN3O. The van der Waals surface area contributed by atoms with Crippen LogP contribution in [0.25, 0.3) is 10.8 Å². The van der Waals surface area contributed by atoms with Crippen LogP contribution in [0.3, 0.4) is 0 Å². The van der Waals surface area contributed by atoms with Gasteiger partial charge in [-0.05, 0) is 61.8 Å². The van der Waals surface area contributed by atoms with Gasteiger partial charge in [-0.1, -0.05) is 24.3 Å². The molecule has 28 heavy (non-hydrogen) atoms. The Hall–Kier alpha value is -2.95. The molecule has 1 unspecified atom stereocenters. The highest BCUT2D eigenvalue weighted by molar-refractivity contribution is 5.97. The van der Waals surface area contributed by atoms with Crippen molar-refractivity contribution in [1.82, 2.24) is 9.88 Å². The number of aryl methyl sites for hydroxylation is 2. The number of halogens is 1. The highest BCUT2D eigenvalue weighted by Gasteiger charge is 2.25. The number of fused-ring (bicyclic) bond motifs is 1. The van der Waals surface area contributed by atoms with Gasteiger partial charge in [-0.25, -0.2) is 9.37 Å². The molecule has 0 bridgehead atoms. The van der Waals surface area contributed by atoms with E-state index in [1.54, 1.807) is 13.0 Å². The minimum atomic E-state index is -0.245. The smallest absolute Gasteiger partial charge is 0.210 e. The highest BCUT2D eigenvalue weighted by Crippen LogP contribution is 2.37. The lowest BCUT2D eigenvalue weighted by Gasteiger charge is -2.34. The number of carbonyl (C=O) groups excluding carboxylic acids is 1. The van der Waals surface area contributed by atoms with Crippen molar-refractivity contribution in [2.24, 2.45) is 0 Å². The molecule has 0 spiro atoms. The van der Waals surface area contributed by atoms with Gasteiger partial charge in [0.15, 0.2) is 0 Å². The number of piperidine rings is 1. The second-order valence-electron chi connectivity index (χ2n) is 7.50. The average Bonchev–Trinajstić information content (AvgIpc) is 2.71. The van der Waals surface area contributed by atoms with Gasteiger partial charge >= 0.3 is 0 Å². The van der Waals surface area contributed by atoms with Crippen LogP contribution in [0.15, 0.2) is 42.6 Å². The van der Waals surface area contributed by atoms with Crippen molar-refractivity contribution < 1.29 is 9.18 Å². The molecule has 3 aromatic rings.